The van der Waals surface area contributed by atoms with Gasteiger partial charge in [0.1, 0.15) is 18.1 Å². The molecular weight excluding hydrogens is 397 g/mol. The van der Waals surface area contributed by atoms with Crippen LogP contribution in [-0.2, 0) is 16.1 Å². The van der Waals surface area contributed by atoms with Gasteiger partial charge in [-0.15, -0.1) is 0 Å². The fourth-order valence-electron chi connectivity index (χ4n) is 4.59. The van der Waals surface area contributed by atoms with Crippen molar-refractivity contribution in [2.75, 3.05) is 31.6 Å². The largest absolute Gasteiger partial charge is 0.497 e. The van der Waals surface area contributed by atoms with Crippen LogP contribution in [-0.4, -0.2) is 44.6 Å². The quantitative estimate of drug-likeness (QED) is 0.634. The van der Waals surface area contributed by atoms with Crippen LogP contribution < -0.4 is 19.9 Å². The highest BCUT2D eigenvalue weighted by Gasteiger charge is 2.42. The maximum atomic E-state index is 13.2. The Kier molecular flexibility index (Phi) is 6.63. The molecule has 164 valence electrons. The van der Waals surface area contributed by atoms with Gasteiger partial charge in [0.25, 0.3) is 5.91 Å². The Labute approximate surface area is 182 Å². The summed E-state index contributed by atoms with van der Waals surface area (Å²) < 4.78 is 18.4. The molecule has 2 saturated heterocycles. The van der Waals surface area contributed by atoms with Gasteiger partial charge in [-0.05, 0) is 48.5 Å². The van der Waals surface area contributed by atoms with E-state index in [-0.39, 0.29) is 30.1 Å². The molecular formula is C24H30FN3O3+2. The number of piperidine rings is 1. The molecule has 2 aliphatic rings. The van der Waals surface area contributed by atoms with Gasteiger partial charge in [0.2, 0.25) is 5.91 Å². The van der Waals surface area contributed by atoms with Gasteiger partial charge in [0.15, 0.2) is 6.04 Å². The predicted molar refractivity (Wildman–Crippen MR) is 114 cm³/mol. The molecule has 2 fully saturated rings. The van der Waals surface area contributed by atoms with Crippen LogP contribution in [0.2, 0.25) is 0 Å². The number of hydrogen-bond donors (Lipinski definition) is 2. The summed E-state index contributed by atoms with van der Waals surface area (Å²) in [5.74, 6) is 0.649. The number of nitrogens with two attached hydrogens (primary N) is 1. The Morgan fingerprint density at radius 1 is 1.06 bits per heavy atom. The molecule has 0 radical (unpaired) electrons. The van der Waals surface area contributed by atoms with Crippen LogP contribution in [0.15, 0.2) is 48.5 Å². The van der Waals surface area contributed by atoms with Crippen molar-refractivity contribution in [1.82, 2.24) is 0 Å². The molecule has 0 saturated carbocycles. The third-order valence-corrected chi connectivity index (χ3v) is 6.45. The van der Waals surface area contributed by atoms with E-state index >= 15 is 0 Å². The molecule has 2 amide bonds. The molecule has 1 atom stereocenters. The second kappa shape index (κ2) is 9.58. The third kappa shape index (κ3) is 5.11. The second-order valence-electron chi connectivity index (χ2n) is 8.54. The zero-order valence-corrected chi connectivity index (χ0v) is 17.9. The average molecular weight is 428 g/mol. The van der Waals surface area contributed by atoms with Crippen molar-refractivity contribution in [3.05, 3.63) is 59.9 Å². The Bertz CT molecular complexity index is 909. The van der Waals surface area contributed by atoms with E-state index in [1.165, 1.54) is 34.7 Å². The minimum Gasteiger partial charge on any atom is -0.497 e. The van der Waals surface area contributed by atoms with E-state index in [2.05, 4.69) is 12.1 Å². The van der Waals surface area contributed by atoms with Crippen LogP contribution >= 0.6 is 0 Å². The fourth-order valence-corrected chi connectivity index (χ4v) is 4.59. The molecule has 3 N–H and O–H groups in total. The van der Waals surface area contributed by atoms with E-state index in [0.29, 0.717) is 11.6 Å². The fraction of sp³-hybridized carbons (Fsp3) is 0.417. The normalized spacial score (nSPS) is 23.9. The molecule has 0 aromatic heterocycles. The molecule has 0 spiro atoms. The van der Waals surface area contributed by atoms with Gasteiger partial charge in [0, 0.05) is 24.3 Å². The number of hydrogen-bond acceptors (Lipinski definition) is 3. The first kappa shape index (κ1) is 21.5. The monoisotopic (exact) mass is 427 g/mol. The molecule has 0 bridgehead atoms. The second-order valence-corrected chi connectivity index (χ2v) is 8.54. The van der Waals surface area contributed by atoms with E-state index in [1.807, 2.05) is 17.4 Å². The number of imide groups is 1. The van der Waals surface area contributed by atoms with Gasteiger partial charge in [-0.2, -0.15) is 0 Å². The first-order chi connectivity index (χ1) is 15.0. The maximum absolute atomic E-state index is 13.2. The van der Waals surface area contributed by atoms with Crippen LogP contribution in [0, 0.1) is 11.7 Å². The lowest BCUT2D eigenvalue weighted by molar-refractivity contribution is -0.920. The van der Waals surface area contributed by atoms with Crippen molar-refractivity contribution in [3.63, 3.8) is 0 Å². The summed E-state index contributed by atoms with van der Waals surface area (Å²) in [6.45, 7) is 4.10. The van der Waals surface area contributed by atoms with Gasteiger partial charge >= 0.3 is 0 Å². The van der Waals surface area contributed by atoms with Crippen molar-refractivity contribution in [2.24, 2.45) is 5.92 Å². The average Bonchev–Trinajstić information content (AvgIpc) is 3.07. The summed E-state index contributed by atoms with van der Waals surface area (Å²) in [5.41, 5.74) is 1.76. The number of likely N-dealkylation sites (tertiary alicyclic amines) is 1. The van der Waals surface area contributed by atoms with Gasteiger partial charge in [-0.3, -0.25) is 9.59 Å². The summed E-state index contributed by atoms with van der Waals surface area (Å²) in [4.78, 5) is 27.9. The molecule has 31 heavy (non-hydrogen) atoms. The maximum Gasteiger partial charge on any atom is 0.292 e. The number of nitrogens with one attached hydrogen (secondary N) is 1. The van der Waals surface area contributed by atoms with Crippen molar-refractivity contribution >= 4 is 17.5 Å². The highest BCUT2D eigenvalue weighted by molar-refractivity contribution is 6.21. The summed E-state index contributed by atoms with van der Waals surface area (Å²) in [6.07, 6.45) is 2.45. The number of nitrogens with zero attached hydrogens (tertiary/aromatic N) is 1. The third-order valence-electron chi connectivity index (χ3n) is 6.45. The van der Waals surface area contributed by atoms with E-state index in [9.17, 15) is 14.0 Å². The van der Waals surface area contributed by atoms with Crippen molar-refractivity contribution in [2.45, 2.75) is 31.8 Å². The molecule has 0 aliphatic carbocycles. The summed E-state index contributed by atoms with van der Waals surface area (Å²) in [6, 6.07) is 13.4. The first-order valence-corrected chi connectivity index (χ1v) is 11.0. The van der Waals surface area contributed by atoms with Crippen molar-refractivity contribution in [3.8, 4) is 5.75 Å². The van der Waals surface area contributed by atoms with E-state index < -0.39 is 0 Å². The van der Waals surface area contributed by atoms with Gasteiger partial charge in [0.05, 0.1) is 38.9 Å². The Hall–Kier alpha value is -2.77. The van der Waals surface area contributed by atoms with E-state index in [0.717, 1.165) is 44.8 Å². The number of amides is 2. The number of ether oxygens (including phenoxy) is 1. The van der Waals surface area contributed by atoms with Gasteiger partial charge in [-0.1, -0.05) is 0 Å². The number of anilines is 1. The topological polar surface area (TPSA) is 67.7 Å². The van der Waals surface area contributed by atoms with Crippen LogP contribution in [0.25, 0.3) is 0 Å². The summed E-state index contributed by atoms with van der Waals surface area (Å²) in [5, 5.41) is 2.03. The Morgan fingerprint density at radius 2 is 1.74 bits per heavy atom. The zero-order valence-electron chi connectivity index (χ0n) is 17.9. The molecule has 2 aromatic carbocycles. The van der Waals surface area contributed by atoms with Crippen LogP contribution in [0.3, 0.4) is 0 Å². The Morgan fingerprint density at radius 3 is 2.39 bits per heavy atom. The highest BCUT2D eigenvalue weighted by Crippen LogP contribution is 2.22. The molecule has 7 heteroatoms. The SMILES string of the molecule is COc1ccc(C[NH+]2CCC(C[NH2+][C@H]3CC(=O)N(c4ccc(F)cc4)C3=O)CC2)cc1. The first-order valence-electron chi connectivity index (χ1n) is 11.0. The number of carbonyl (C=O) groups excluding carboxylic acids is 2. The van der Waals surface area contributed by atoms with Crippen LogP contribution in [0.1, 0.15) is 24.8 Å². The molecule has 2 heterocycles. The van der Waals surface area contributed by atoms with Crippen molar-refractivity contribution < 1.29 is 28.9 Å². The zero-order chi connectivity index (χ0) is 21.8. The number of methoxy groups -OCH3 is 1. The van der Waals surface area contributed by atoms with E-state index in [1.54, 1.807) is 12.0 Å². The van der Waals surface area contributed by atoms with Gasteiger partial charge in [-0.25, -0.2) is 9.29 Å². The number of halogens is 1. The van der Waals surface area contributed by atoms with Crippen LogP contribution in [0.4, 0.5) is 10.1 Å². The van der Waals surface area contributed by atoms with Crippen LogP contribution in [0.5, 0.6) is 5.75 Å². The molecule has 2 aliphatic heterocycles. The predicted octanol–water partition coefficient (Wildman–Crippen LogP) is 0.525. The molecule has 0 unspecified atom stereocenters. The molecule has 6 nitrogen and oxygen atoms in total. The number of benzene rings is 2. The summed E-state index contributed by atoms with van der Waals surface area (Å²) in [7, 11) is 1.68. The summed E-state index contributed by atoms with van der Waals surface area (Å²) >= 11 is 0. The minimum atomic E-state index is -0.383. The standard InChI is InChI=1S/C24H28FN3O3/c1-31-21-8-2-18(3-9-21)16-27-12-10-17(11-13-27)15-26-22-14-23(29)28(24(22)30)20-6-4-19(25)5-7-20/h2-9,17,22,26H,10-16H2,1H3/p+2/t22-/m0/s1. The van der Waals surface area contributed by atoms with Gasteiger partial charge < -0.3 is 15.0 Å². The lowest BCUT2D eigenvalue weighted by atomic mass is 9.96. The smallest absolute Gasteiger partial charge is 0.292 e. The Balaban J connectivity index is 1.23. The highest BCUT2D eigenvalue weighted by atomic mass is 19.1. The number of rotatable bonds is 7. The minimum absolute atomic E-state index is 0.195. The lowest BCUT2D eigenvalue weighted by Crippen LogP contribution is -3.12. The number of quaternary nitrogens is 2. The number of carbonyl (C=O) groups is 2. The van der Waals surface area contributed by atoms with Crippen molar-refractivity contribution in [1.29, 1.82) is 0 Å². The molecule has 4 rings (SSSR count). The lowest BCUT2D eigenvalue weighted by Gasteiger charge is -2.29. The molecule has 2 aromatic rings. The van der Waals surface area contributed by atoms with E-state index in [4.69, 9.17) is 4.74 Å².